The molecule has 0 aromatic carbocycles. The van der Waals surface area contributed by atoms with Gasteiger partial charge in [0, 0.05) is 0 Å². The van der Waals surface area contributed by atoms with E-state index in [1.165, 1.54) is 0 Å². The van der Waals surface area contributed by atoms with Crippen molar-refractivity contribution in [3.05, 3.63) is 12.7 Å². The molecule has 1 N–H and O–H groups in total. The summed E-state index contributed by atoms with van der Waals surface area (Å²) in [6, 6.07) is 0. The van der Waals surface area contributed by atoms with Crippen LogP contribution >= 0.6 is 0 Å². The maximum atomic E-state index is 11.1. The maximum Gasteiger partial charge on any atom is 0.311 e. The van der Waals surface area contributed by atoms with E-state index >= 15 is 0 Å². The minimum Gasteiger partial charge on any atom is -0.466 e. The molecule has 0 aliphatic carbocycles. The second-order valence-electron chi connectivity index (χ2n) is 2.64. The van der Waals surface area contributed by atoms with Gasteiger partial charge in [-0.05, 0) is 12.8 Å². The normalized spacial score (nSPS) is 14.9. The van der Waals surface area contributed by atoms with Gasteiger partial charge >= 0.3 is 5.97 Å². The first-order valence-corrected chi connectivity index (χ1v) is 4.07. The van der Waals surface area contributed by atoms with Crippen molar-refractivity contribution >= 4 is 5.97 Å². The quantitative estimate of drug-likeness (QED) is 0.496. The first kappa shape index (κ1) is 11.2. The first-order valence-electron chi connectivity index (χ1n) is 4.07. The molecular weight excluding hydrogens is 156 g/mol. The number of aliphatic hydroxyl groups excluding tert-OH is 1. The molecule has 2 unspecified atom stereocenters. The minimum absolute atomic E-state index is 0.0472. The highest BCUT2D eigenvalue weighted by Crippen LogP contribution is 2.13. The van der Waals surface area contributed by atoms with Crippen molar-refractivity contribution < 1.29 is 14.6 Å². The summed E-state index contributed by atoms with van der Waals surface area (Å²) < 4.78 is 4.77. The molecule has 3 heteroatoms. The summed E-state index contributed by atoms with van der Waals surface area (Å²) in [6.45, 7) is 7.28. The van der Waals surface area contributed by atoms with Crippen LogP contribution in [0.5, 0.6) is 0 Å². The molecule has 0 saturated heterocycles. The van der Waals surface area contributed by atoms with Gasteiger partial charge in [-0.15, -0.1) is 6.58 Å². The number of ether oxygens (including phenoxy) is 1. The van der Waals surface area contributed by atoms with Gasteiger partial charge < -0.3 is 9.84 Å². The zero-order chi connectivity index (χ0) is 9.56. The van der Waals surface area contributed by atoms with Crippen LogP contribution in [0.2, 0.25) is 0 Å². The summed E-state index contributed by atoms with van der Waals surface area (Å²) in [5.41, 5.74) is 0. The highest BCUT2D eigenvalue weighted by atomic mass is 16.5. The molecule has 0 saturated carbocycles. The molecule has 0 aromatic rings. The fraction of sp³-hybridized carbons (Fsp3) is 0.667. The summed E-state index contributed by atoms with van der Waals surface area (Å²) in [5, 5.41) is 8.88. The fourth-order valence-electron chi connectivity index (χ4n) is 0.869. The first-order chi connectivity index (χ1) is 5.67. The number of rotatable bonds is 5. The van der Waals surface area contributed by atoms with Gasteiger partial charge in [0.05, 0.1) is 19.1 Å². The molecule has 0 rings (SSSR count). The monoisotopic (exact) mass is 172 g/mol. The lowest BCUT2D eigenvalue weighted by molar-refractivity contribution is -0.150. The van der Waals surface area contributed by atoms with E-state index in [4.69, 9.17) is 9.84 Å². The van der Waals surface area contributed by atoms with Gasteiger partial charge in [-0.2, -0.15) is 0 Å². The Labute approximate surface area is 73.0 Å². The van der Waals surface area contributed by atoms with Gasteiger partial charge in [0.2, 0.25) is 0 Å². The molecule has 0 bridgehead atoms. The van der Waals surface area contributed by atoms with Crippen molar-refractivity contribution in [2.45, 2.75) is 13.8 Å². The topological polar surface area (TPSA) is 46.5 Å². The second-order valence-corrected chi connectivity index (χ2v) is 2.64. The molecule has 0 aliphatic heterocycles. The molecule has 2 atom stereocenters. The fourth-order valence-corrected chi connectivity index (χ4v) is 0.869. The van der Waals surface area contributed by atoms with Crippen LogP contribution in [0.4, 0.5) is 0 Å². The van der Waals surface area contributed by atoms with Gasteiger partial charge in [-0.1, -0.05) is 13.0 Å². The third-order valence-corrected chi connectivity index (χ3v) is 1.79. The van der Waals surface area contributed by atoms with Crippen molar-refractivity contribution in [2.24, 2.45) is 11.8 Å². The SMILES string of the molecule is C=CC(C)C(CO)C(=O)OCC. The lowest BCUT2D eigenvalue weighted by atomic mass is 9.95. The summed E-state index contributed by atoms with van der Waals surface area (Å²) in [6.07, 6.45) is 1.64. The number of hydrogen-bond acceptors (Lipinski definition) is 3. The zero-order valence-corrected chi connectivity index (χ0v) is 7.62. The van der Waals surface area contributed by atoms with E-state index in [2.05, 4.69) is 6.58 Å². The van der Waals surface area contributed by atoms with Crippen molar-refractivity contribution in [3.63, 3.8) is 0 Å². The molecule has 12 heavy (non-hydrogen) atoms. The van der Waals surface area contributed by atoms with Crippen molar-refractivity contribution in [1.82, 2.24) is 0 Å². The summed E-state index contributed by atoms with van der Waals surface area (Å²) in [5.74, 6) is -0.871. The molecule has 0 spiro atoms. The predicted molar refractivity (Wildman–Crippen MR) is 46.6 cm³/mol. The average Bonchev–Trinajstić information content (AvgIpc) is 2.06. The van der Waals surface area contributed by atoms with Crippen molar-refractivity contribution in [1.29, 1.82) is 0 Å². The van der Waals surface area contributed by atoms with Crippen molar-refractivity contribution in [2.75, 3.05) is 13.2 Å². The number of allylic oxidation sites excluding steroid dienone is 1. The van der Waals surface area contributed by atoms with Crippen LogP contribution in [0.1, 0.15) is 13.8 Å². The van der Waals surface area contributed by atoms with Crippen LogP contribution in [0.15, 0.2) is 12.7 Å². The summed E-state index contributed by atoms with van der Waals surface area (Å²) in [7, 11) is 0. The predicted octanol–water partition coefficient (Wildman–Crippen LogP) is 0.980. The number of esters is 1. The van der Waals surface area contributed by atoms with E-state index in [0.717, 1.165) is 0 Å². The zero-order valence-electron chi connectivity index (χ0n) is 7.62. The van der Waals surface area contributed by atoms with Crippen LogP contribution in [0, 0.1) is 11.8 Å². The Morgan fingerprint density at radius 2 is 2.33 bits per heavy atom. The maximum absolute atomic E-state index is 11.1. The van der Waals surface area contributed by atoms with Gasteiger partial charge in [0.1, 0.15) is 0 Å². The summed E-state index contributed by atoms with van der Waals surface area (Å²) in [4.78, 5) is 11.1. The van der Waals surface area contributed by atoms with Crippen LogP contribution < -0.4 is 0 Å². The Kier molecular flexibility index (Phi) is 5.37. The Bertz CT molecular complexity index is 154. The van der Waals surface area contributed by atoms with E-state index in [0.29, 0.717) is 6.61 Å². The molecular formula is C9H16O3. The third-order valence-electron chi connectivity index (χ3n) is 1.79. The van der Waals surface area contributed by atoms with Gasteiger partial charge in [0.25, 0.3) is 0 Å². The molecule has 0 aliphatic rings. The van der Waals surface area contributed by atoms with Crippen LogP contribution in [0.25, 0.3) is 0 Å². The number of hydrogen-bond donors (Lipinski definition) is 1. The van der Waals surface area contributed by atoms with Crippen LogP contribution in [-0.4, -0.2) is 24.3 Å². The Morgan fingerprint density at radius 1 is 1.75 bits per heavy atom. The van der Waals surface area contributed by atoms with E-state index in [-0.39, 0.29) is 18.5 Å². The van der Waals surface area contributed by atoms with Gasteiger partial charge in [-0.3, -0.25) is 4.79 Å². The van der Waals surface area contributed by atoms with Gasteiger partial charge in [0.15, 0.2) is 0 Å². The molecule has 0 heterocycles. The Balaban J connectivity index is 4.13. The number of carbonyl (C=O) groups excluding carboxylic acids is 1. The standard InChI is InChI=1S/C9H16O3/c1-4-7(3)8(6-10)9(11)12-5-2/h4,7-8,10H,1,5-6H2,2-3H3. The number of aliphatic hydroxyl groups is 1. The lowest BCUT2D eigenvalue weighted by Gasteiger charge is -2.16. The molecule has 0 radical (unpaired) electrons. The van der Waals surface area contributed by atoms with E-state index in [9.17, 15) is 4.79 Å². The average molecular weight is 172 g/mol. The van der Waals surface area contributed by atoms with Crippen LogP contribution in [0.3, 0.4) is 0 Å². The van der Waals surface area contributed by atoms with Gasteiger partial charge in [-0.25, -0.2) is 0 Å². The smallest absolute Gasteiger partial charge is 0.311 e. The molecule has 0 fully saturated rings. The molecule has 70 valence electrons. The van der Waals surface area contributed by atoms with E-state index in [1.807, 2.05) is 6.92 Å². The highest BCUT2D eigenvalue weighted by Gasteiger charge is 2.23. The third kappa shape index (κ3) is 3.05. The van der Waals surface area contributed by atoms with E-state index < -0.39 is 5.92 Å². The Morgan fingerprint density at radius 3 is 2.67 bits per heavy atom. The molecule has 0 aromatic heterocycles. The second kappa shape index (κ2) is 5.77. The van der Waals surface area contributed by atoms with Crippen LogP contribution in [-0.2, 0) is 9.53 Å². The minimum atomic E-state index is -0.470. The lowest BCUT2D eigenvalue weighted by Crippen LogP contribution is -2.26. The summed E-state index contributed by atoms with van der Waals surface area (Å²) >= 11 is 0. The van der Waals surface area contributed by atoms with Crippen molar-refractivity contribution in [3.8, 4) is 0 Å². The number of carbonyl (C=O) groups is 1. The highest BCUT2D eigenvalue weighted by molar-refractivity contribution is 5.73. The Hall–Kier alpha value is -0.830. The molecule has 0 amide bonds. The molecule has 3 nitrogen and oxygen atoms in total. The van der Waals surface area contributed by atoms with E-state index in [1.54, 1.807) is 13.0 Å². The largest absolute Gasteiger partial charge is 0.466 e.